The van der Waals surface area contributed by atoms with Gasteiger partial charge in [0.25, 0.3) is 0 Å². The number of hydrogen-bond acceptors (Lipinski definition) is 3. The van der Waals surface area contributed by atoms with E-state index in [4.69, 9.17) is 0 Å². The molecule has 112 valence electrons. The molecule has 0 bridgehead atoms. The Morgan fingerprint density at radius 3 is 2.20 bits per heavy atom. The zero-order valence-electron chi connectivity index (χ0n) is 11.2. The van der Waals surface area contributed by atoms with Crippen molar-refractivity contribution in [3.63, 3.8) is 0 Å². The summed E-state index contributed by atoms with van der Waals surface area (Å²) in [5, 5.41) is 2.46. The van der Waals surface area contributed by atoms with E-state index in [0.717, 1.165) is 16.4 Å². The summed E-state index contributed by atoms with van der Waals surface area (Å²) in [6.07, 6.45) is 0. The van der Waals surface area contributed by atoms with E-state index in [1.165, 1.54) is 6.92 Å². The quantitative estimate of drug-likeness (QED) is 0.856. The van der Waals surface area contributed by atoms with Crippen LogP contribution in [0.5, 0.6) is 0 Å². The maximum absolute atomic E-state index is 13.1. The van der Waals surface area contributed by atoms with Crippen molar-refractivity contribution in [2.24, 2.45) is 0 Å². The highest BCUT2D eigenvalue weighted by Gasteiger charge is 2.26. The van der Waals surface area contributed by atoms with Gasteiger partial charge < -0.3 is 5.32 Å². The summed E-state index contributed by atoms with van der Waals surface area (Å²) in [5.74, 6) is -2.45. The number of carbonyl (C=O) groups excluding carboxylic acids is 1. The number of benzene rings is 1. The third-order valence-corrected chi connectivity index (χ3v) is 4.42. The van der Waals surface area contributed by atoms with Crippen molar-refractivity contribution in [2.45, 2.75) is 18.7 Å². The predicted octanol–water partition coefficient (Wildman–Crippen LogP) is 1.11. The lowest BCUT2D eigenvalue weighted by Crippen LogP contribution is -2.40. The first-order valence-corrected chi connectivity index (χ1v) is 7.48. The number of rotatable bonds is 6. The fraction of sp³-hybridized carbons (Fsp3) is 0.417. The van der Waals surface area contributed by atoms with Crippen LogP contribution in [0.3, 0.4) is 0 Å². The van der Waals surface area contributed by atoms with E-state index in [-0.39, 0.29) is 6.54 Å². The molecular weight excluding hydrogens is 290 g/mol. The van der Waals surface area contributed by atoms with E-state index in [1.807, 2.05) is 0 Å². The van der Waals surface area contributed by atoms with Crippen LogP contribution in [0.1, 0.15) is 13.8 Å². The first kappa shape index (κ1) is 16.5. The molecule has 1 aromatic rings. The Balaban J connectivity index is 3.08. The van der Waals surface area contributed by atoms with Gasteiger partial charge in [0.05, 0.1) is 11.4 Å². The first-order chi connectivity index (χ1) is 9.31. The molecule has 0 spiro atoms. The molecule has 0 unspecified atom stereocenters. The fourth-order valence-corrected chi connectivity index (χ4v) is 3.05. The molecule has 1 rings (SSSR count). The highest BCUT2D eigenvalue weighted by Crippen LogP contribution is 2.18. The minimum absolute atomic E-state index is 0.0115. The lowest BCUT2D eigenvalue weighted by atomic mass is 10.3. The van der Waals surface area contributed by atoms with Gasteiger partial charge in [-0.3, -0.25) is 4.79 Å². The lowest BCUT2D eigenvalue weighted by Gasteiger charge is -2.20. The van der Waals surface area contributed by atoms with Gasteiger partial charge in [-0.2, -0.15) is 4.31 Å². The molecule has 0 aliphatic carbocycles. The van der Waals surface area contributed by atoms with Crippen molar-refractivity contribution in [2.75, 3.05) is 19.6 Å². The average molecular weight is 306 g/mol. The highest BCUT2D eigenvalue weighted by molar-refractivity contribution is 7.89. The topological polar surface area (TPSA) is 66.5 Å². The molecule has 0 saturated carbocycles. The summed E-state index contributed by atoms with van der Waals surface area (Å²) in [6.45, 7) is 3.21. The number of amides is 1. The number of carbonyl (C=O) groups is 1. The van der Waals surface area contributed by atoms with Gasteiger partial charge in [-0.25, -0.2) is 17.2 Å². The summed E-state index contributed by atoms with van der Waals surface area (Å²) in [7, 11) is -4.12. The smallest absolute Gasteiger partial charge is 0.243 e. The van der Waals surface area contributed by atoms with Crippen LogP contribution in [0.15, 0.2) is 23.1 Å². The monoisotopic (exact) mass is 306 g/mol. The summed E-state index contributed by atoms with van der Waals surface area (Å²) in [6, 6.07) is 2.02. The second kappa shape index (κ2) is 6.76. The van der Waals surface area contributed by atoms with Gasteiger partial charge in [-0.1, -0.05) is 6.92 Å². The third kappa shape index (κ3) is 3.97. The molecule has 5 nitrogen and oxygen atoms in total. The number of nitrogens with zero attached hydrogens (tertiary/aromatic N) is 1. The molecule has 0 saturated heterocycles. The van der Waals surface area contributed by atoms with Crippen molar-refractivity contribution >= 4 is 15.9 Å². The summed E-state index contributed by atoms with van der Waals surface area (Å²) in [4.78, 5) is 10.9. The summed E-state index contributed by atoms with van der Waals surface area (Å²) >= 11 is 0. The van der Waals surface area contributed by atoms with E-state index in [9.17, 15) is 22.0 Å². The maximum atomic E-state index is 13.1. The largest absolute Gasteiger partial charge is 0.355 e. The van der Waals surface area contributed by atoms with Crippen LogP contribution in [0.25, 0.3) is 0 Å². The van der Waals surface area contributed by atoms with Crippen molar-refractivity contribution in [1.29, 1.82) is 0 Å². The number of likely N-dealkylation sites (N-methyl/N-ethyl adjacent to an activating group) is 2. The molecular formula is C12H16F2N2O3S. The van der Waals surface area contributed by atoms with Gasteiger partial charge in [0, 0.05) is 19.2 Å². The van der Waals surface area contributed by atoms with Crippen LogP contribution in [0.4, 0.5) is 8.78 Å². The van der Waals surface area contributed by atoms with Crippen molar-refractivity contribution in [1.82, 2.24) is 9.62 Å². The Hall–Kier alpha value is -1.54. The Labute approximate surface area is 116 Å². The molecule has 0 heterocycles. The van der Waals surface area contributed by atoms with Crippen LogP contribution in [0, 0.1) is 11.6 Å². The number of sulfonamides is 1. The second-order valence-electron chi connectivity index (χ2n) is 3.99. The Bertz CT molecular complexity index is 570. The molecule has 0 atom stereocenters. The minimum atomic E-state index is -4.12. The maximum Gasteiger partial charge on any atom is 0.243 e. The van der Waals surface area contributed by atoms with Gasteiger partial charge >= 0.3 is 0 Å². The van der Waals surface area contributed by atoms with E-state index < -0.39 is 39.0 Å². The van der Waals surface area contributed by atoms with Gasteiger partial charge in [-0.05, 0) is 19.1 Å². The van der Waals surface area contributed by atoms with E-state index >= 15 is 0 Å². The number of hydrogen-bond donors (Lipinski definition) is 1. The molecule has 0 aliphatic rings. The zero-order chi connectivity index (χ0) is 15.3. The average Bonchev–Trinajstić information content (AvgIpc) is 2.34. The van der Waals surface area contributed by atoms with E-state index in [2.05, 4.69) is 5.32 Å². The normalized spacial score (nSPS) is 11.7. The van der Waals surface area contributed by atoms with Crippen LogP contribution in [-0.4, -0.2) is 38.3 Å². The SMILES string of the molecule is CCNC(=O)CN(CC)S(=O)(=O)c1cc(F)cc(F)c1. The van der Waals surface area contributed by atoms with E-state index in [1.54, 1.807) is 6.92 Å². The van der Waals surface area contributed by atoms with Gasteiger partial charge in [-0.15, -0.1) is 0 Å². The molecule has 8 heteroatoms. The fourth-order valence-electron chi connectivity index (χ4n) is 1.61. The third-order valence-electron chi connectivity index (χ3n) is 2.52. The molecule has 0 fully saturated rings. The van der Waals surface area contributed by atoms with Crippen LogP contribution in [-0.2, 0) is 14.8 Å². The number of halogens is 2. The molecule has 1 N–H and O–H groups in total. The predicted molar refractivity (Wildman–Crippen MR) is 69.5 cm³/mol. The number of nitrogens with one attached hydrogen (secondary N) is 1. The first-order valence-electron chi connectivity index (χ1n) is 6.04. The Kier molecular flexibility index (Phi) is 5.58. The van der Waals surface area contributed by atoms with Crippen LogP contribution >= 0.6 is 0 Å². The van der Waals surface area contributed by atoms with E-state index in [0.29, 0.717) is 12.6 Å². The van der Waals surface area contributed by atoms with Gasteiger partial charge in [0.1, 0.15) is 11.6 Å². The van der Waals surface area contributed by atoms with Gasteiger partial charge in [0.2, 0.25) is 15.9 Å². The Morgan fingerprint density at radius 2 is 1.75 bits per heavy atom. The molecule has 0 aliphatic heterocycles. The van der Waals surface area contributed by atoms with Crippen molar-refractivity contribution < 1.29 is 22.0 Å². The molecule has 1 amide bonds. The Morgan fingerprint density at radius 1 is 1.20 bits per heavy atom. The lowest BCUT2D eigenvalue weighted by molar-refractivity contribution is -0.121. The highest BCUT2D eigenvalue weighted by atomic mass is 32.2. The molecule has 1 aromatic carbocycles. The molecule has 0 aromatic heterocycles. The molecule has 20 heavy (non-hydrogen) atoms. The summed E-state index contributed by atoms with van der Waals surface area (Å²) < 4.78 is 51.5. The van der Waals surface area contributed by atoms with Gasteiger partial charge in [0.15, 0.2) is 0 Å². The van der Waals surface area contributed by atoms with Crippen molar-refractivity contribution in [3.05, 3.63) is 29.8 Å². The summed E-state index contributed by atoms with van der Waals surface area (Å²) in [5.41, 5.74) is 0. The van der Waals surface area contributed by atoms with Crippen molar-refractivity contribution in [3.8, 4) is 0 Å². The zero-order valence-corrected chi connectivity index (χ0v) is 12.0. The van der Waals surface area contributed by atoms with Crippen LogP contribution < -0.4 is 5.32 Å². The second-order valence-corrected chi connectivity index (χ2v) is 5.93. The van der Waals surface area contributed by atoms with Crippen LogP contribution in [0.2, 0.25) is 0 Å². The minimum Gasteiger partial charge on any atom is -0.355 e. The molecule has 0 radical (unpaired) electrons. The standard InChI is InChI=1S/C12H16F2N2O3S/c1-3-15-12(17)8-16(4-2)20(18,19)11-6-9(13)5-10(14)7-11/h5-7H,3-4,8H2,1-2H3,(H,15,17).